The topological polar surface area (TPSA) is 71.5 Å². The van der Waals surface area contributed by atoms with Gasteiger partial charge in [-0.2, -0.15) is 0 Å². The molecule has 3 aromatic rings. The number of fused-ring (bicyclic) bond motifs is 1. The number of hydrogen-bond donors (Lipinski definition) is 2. The molecule has 2 aromatic carbocycles. The SMILES string of the molecule is COc1ccc(-c2cc(C(=O)NC(C)CO)c3ccccc3n2)cc1. The van der Waals surface area contributed by atoms with E-state index in [4.69, 9.17) is 4.74 Å². The van der Waals surface area contributed by atoms with Crippen molar-refractivity contribution in [1.29, 1.82) is 0 Å². The summed E-state index contributed by atoms with van der Waals surface area (Å²) in [5.41, 5.74) is 2.90. The highest BCUT2D eigenvalue weighted by Crippen LogP contribution is 2.26. The second-order valence-electron chi connectivity index (χ2n) is 5.86. The van der Waals surface area contributed by atoms with Crippen LogP contribution in [0, 0.1) is 0 Å². The van der Waals surface area contributed by atoms with E-state index in [1.165, 1.54) is 0 Å². The second-order valence-corrected chi connectivity index (χ2v) is 5.86. The van der Waals surface area contributed by atoms with Crippen molar-refractivity contribution in [3.8, 4) is 17.0 Å². The number of methoxy groups -OCH3 is 1. The van der Waals surface area contributed by atoms with E-state index in [0.29, 0.717) is 11.3 Å². The Hall–Kier alpha value is -2.92. The molecule has 1 amide bonds. The lowest BCUT2D eigenvalue weighted by Gasteiger charge is -2.14. The monoisotopic (exact) mass is 336 g/mol. The molecule has 0 aliphatic rings. The van der Waals surface area contributed by atoms with Crippen LogP contribution in [0.4, 0.5) is 0 Å². The van der Waals surface area contributed by atoms with Crippen LogP contribution in [0.1, 0.15) is 17.3 Å². The van der Waals surface area contributed by atoms with Gasteiger partial charge < -0.3 is 15.2 Å². The fourth-order valence-electron chi connectivity index (χ4n) is 2.62. The molecule has 0 fully saturated rings. The molecule has 0 aliphatic carbocycles. The van der Waals surface area contributed by atoms with Crippen molar-refractivity contribution in [2.45, 2.75) is 13.0 Å². The maximum atomic E-state index is 12.6. The molecule has 1 atom stereocenters. The lowest BCUT2D eigenvalue weighted by molar-refractivity contribution is 0.0924. The average molecular weight is 336 g/mol. The minimum atomic E-state index is -0.316. The Bertz CT molecular complexity index is 891. The van der Waals surface area contributed by atoms with Crippen LogP contribution in [0.2, 0.25) is 0 Å². The molecule has 3 rings (SSSR count). The number of para-hydroxylation sites is 1. The number of ether oxygens (including phenoxy) is 1. The number of aliphatic hydroxyl groups is 1. The minimum Gasteiger partial charge on any atom is -0.497 e. The average Bonchev–Trinajstić information content (AvgIpc) is 2.67. The summed E-state index contributed by atoms with van der Waals surface area (Å²) in [6.45, 7) is 1.64. The number of benzene rings is 2. The molecule has 0 bridgehead atoms. The second kappa shape index (κ2) is 7.32. The Morgan fingerprint density at radius 3 is 2.60 bits per heavy atom. The Kier molecular flexibility index (Phi) is 4.95. The number of rotatable bonds is 5. The van der Waals surface area contributed by atoms with E-state index < -0.39 is 0 Å². The van der Waals surface area contributed by atoms with Crippen LogP contribution in [0.5, 0.6) is 5.75 Å². The zero-order valence-corrected chi connectivity index (χ0v) is 14.2. The van der Waals surface area contributed by atoms with E-state index >= 15 is 0 Å². The van der Waals surface area contributed by atoms with Crippen molar-refractivity contribution in [1.82, 2.24) is 10.3 Å². The number of carbonyl (C=O) groups excluding carboxylic acids is 1. The molecule has 0 aliphatic heterocycles. The van der Waals surface area contributed by atoms with Crippen LogP contribution < -0.4 is 10.1 Å². The fraction of sp³-hybridized carbons (Fsp3) is 0.200. The highest BCUT2D eigenvalue weighted by Gasteiger charge is 2.15. The number of carbonyl (C=O) groups is 1. The fourth-order valence-corrected chi connectivity index (χ4v) is 2.62. The minimum absolute atomic E-state index is 0.111. The first-order valence-electron chi connectivity index (χ1n) is 8.08. The lowest BCUT2D eigenvalue weighted by atomic mass is 10.0. The Morgan fingerprint density at radius 1 is 1.20 bits per heavy atom. The standard InChI is InChI=1S/C20H20N2O3/c1-13(12-23)21-20(24)17-11-19(14-7-9-15(25-2)10-8-14)22-18-6-4-3-5-16(17)18/h3-11,13,23H,12H2,1-2H3,(H,21,24). The van der Waals surface area contributed by atoms with Crippen molar-refractivity contribution in [3.05, 3.63) is 60.2 Å². The Balaban J connectivity index is 2.09. The van der Waals surface area contributed by atoms with Crippen LogP contribution >= 0.6 is 0 Å². The molecule has 5 nitrogen and oxygen atoms in total. The van der Waals surface area contributed by atoms with Gasteiger partial charge in [-0.1, -0.05) is 18.2 Å². The van der Waals surface area contributed by atoms with Crippen molar-refractivity contribution < 1.29 is 14.6 Å². The first-order chi connectivity index (χ1) is 12.1. The van der Waals surface area contributed by atoms with E-state index in [0.717, 1.165) is 22.2 Å². The molecule has 0 spiro atoms. The number of nitrogens with one attached hydrogen (secondary N) is 1. The number of aromatic nitrogens is 1. The lowest BCUT2D eigenvalue weighted by Crippen LogP contribution is -2.35. The first-order valence-corrected chi connectivity index (χ1v) is 8.08. The zero-order chi connectivity index (χ0) is 17.8. The molecule has 5 heteroatoms. The van der Waals surface area contributed by atoms with Gasteiger partial charge in [0.1, 0.15) is 5.75 Å². The van der Waals surface area contributed by atoms with Crippen LogP contribution in [0.3, 0.4) is 0 Å². The highest BCUT2D eigenvalue weighted by atomic mass is 16.5. The van der Waals surface area contributed by atoms with Crippen molar-refractivity contribution in [2.75, 3.05) is 13.7 Å². The van der Waals surface area contributed by atoms with Gasteiger partial charge in [-0.05, 0) is 43.3 Å². The summed E-state index contributed by atoms with van der Waals surface area (Å²) >= 11 is 0. The summed E-state index contributed by atoms with van der Waals surface area (Å²) in [7, 11) is 1.62. The van der Waals surface area contributed by atoms with Gasteiger partial charge in [0.05, 0.1) is 30.5 Å². The van der Waals surface area contributed by atoms with Gasteiger partial charge in [0.25, 0.3) is 5.91 Å². The van der Waals surface area contributed by atoms with Gasteiger partial charge in [0.2, 0.25) is 0 Å². The van der Waals surface area contributed by atoms with Gasteiger partial charge >= 0.3 is 0 Å². The number of pyridine rings is 1. The van der Waals surface area contributed by atoms with E-state index in [1.807, 2.05) is 48.5 Å². The molecule has 25 heavy (non-hydrogen) atoms. The normalized spacial score (nSPS) is 12.0. The maximum absolute atomic E-state index is 12.6. The van der Waals surface area contributed by atoms with Crippen LogP contribution in [0.25, 0.3) is 22.2 Å². The summed E-state index contributed by atoms with van der Waals surface area (Å²) in [6.07, 6.45) is 0. The van der Waals surface area contributed by atoms with E-state index in [2.05, 4.69) is 10.3 Å². The Labute approximate surface area is 146 Å². The zero-order valence-electron chi connectivity index (χ0n) is 14.2. The summed E-state index contributed by atoms with van der Waals surface area (Å²) in [5, 5.41) is 12.8. The Morgan fingerprint density at radius 2 is 1.92 bits per heavy atom. The number of aliphatic hydroxyl groups excluding tert-OH is 1. The largest absolute Gasteiger partial charge is 0.497 e. The maximum Gasteiger partial charge on any atom is 0.252 e. The number of amides is 1. The van der Waals surface area contributed by atoms with Crippen molar-refractivity contribution >= 4 is 16.8 Å². The third kappa shape index (κ3) is 3.61. The third-order valence-electron chi connectivity index (χ3n) is 4.00. The molecule has 1 heterocycles. The number of hydrogen-bond acceptors (Lipinski definition) is 4. The van der Waals surface area contributed by atoms with Crippen molar-refractivity contribution in [2.24, 2.45) is 0 Å². The summed E-state index contributed by atoms with van der Waals surface area (Å²) < 4.78 is 5.19. The first kappa shape index (κ1) is 16.9. The summed E-state index contributed by atoms with van der Waals surface area (Å²) in [6, 6.07) is 16.5. The molecular weight excluding hydrogens is 316 g/mol. The third-order valence-corrected chi connectivity index (χ3v) is 4.00. The van der Waals surface area contributed by atoms with Crippen LogP contribution in [-0.2, 0) is 0 Å². The summed E-state index contributed by atoms with van der Waals surface area (Å²) in [5.74, 6) is 0.536. The van der Waals surface area contributed by atoms with Gasteiger partial charge in [-0.3, -0.25) is 4.79 Å². The summed E-state index contributed by atoms with van der Waals surface area (Å²) in [4.78, 5) is 17.3. The molecule has 0 saturated heterocycles. The van der Waals surface area contributed by atoms with E-state index in [1.54, 1.807) is 20.1 Å². The molecule has 0 radical (unpaired) electrons. The van der Waals surface area contributed by atoms with Crippen LogP contribution in [0.15, 0.2) is 54.6 Å². The van der Waals surface area contributed by atoms with Gasteiger partial charge in [0, 0.05) is 17.0 Å². The van der Waals surface area contributed by atoms with Crippen molar-refractivity contribution in [3.63, 3.8) is 0 Å². The smallest absolute Gasteiger partial charge is 0.252 e. The molecule has 1 unspecified atom stereocenters. The van der Waals surface area contributed by atoms with Gasteiger partial charge in [-0.15, -0.1) is 0 Å². The predicted molar refractivity (Wildman–Crippen MR) is 97.7 cm³/mol. The van der Waals surface area contributed by atoms with E-state index in [-0.39, 0.29) is 18.6 Å². The molecule has 2 N–H and O–H groups in total. The predicted octanol–water partition coefficient (Wildman–Crippen LogP) is 3.02. The van der Waals surface area contributed by atoms with Gasteiger partial charge in [0.15, 0.2) is 0 Å². The molecular formula is C20H20N2O3. The van der Waals surface area contributed by atoms with Gasteiger partial charge in [-0.25, -0.2) is 4.98 Å². The van der Waals surface area contributed by atoms with Crippen LogP contribution in [-0.4, -0.2) is 35.8 Å². The molecule has 128 valence electrons. The number of nitrogens with zero attached hydrogens (tertiary/aromatic N) is 1. The molecule has 1 aromatic heterocycles. The highest BCUT2D eigenvalue weighted by molar-refractivity contribution is 6.07. The molecule has 0 saturated carbocycles. The quantitative estimate of drug-likeness (QED) is 0.751. The van der Waals surface area contributed by atoms with E-state index in [9.17, 15) is 9.90 Å².